The summed E-state index contributed by atoms with van der Waals surface area (Å²) in [6.45, 7) is 38.1. The van der Waals surface area contributed by atoms with E-state index in [-0.39, 0.29) is 77.1 Å². The molecule has 0 bridgehead atoms. The van der Waals surface area contributed by atoms with E-state index in [1.54, 1.807) is 12.2 Å². The molecule has 0 aromatic heterocycles. The fourth-order valence-electron chi connectivity index (χ4n) is 8.90. The standard InChI is InChI=1S/C52H96N2O8Si2/c1-18-21-42(55)33-44-27-25-37(3)46(58-44)34-48(56)54-35-47(62-64(16,17)51(11,12)13)40(6)49(57)53-31-20-23-45-38(4)28-30-52(60-45)29-19-22-43(59-52)26-24-36(2)32-39(5)41(7)61-63(14,15)50(8,9)10/h18,21,32,36-38,40-41,43-47H,19-20,22-31,33-35H2,1-17H3,(H,53,57)(H,54,56)/b21-18+,39-32+/t36-,37+,38-,40-,41-,43-,44-,45+,46-,47+,52-/m0/s1. The SMILES string of the molecule is C/C=C/C(=O)C[C@@H]1CC[C@@H](C)[C@H](CC(=O)NC[C@@H](O[Si](C)(C)C(C)(C)C)[C@H](C)C(=O)NCCC[C@H]2O[C@@]3(CCC[C@@H](CC[C@H](C)/C=C(\C)[C@H](C)O[Si](C)(C)C(C)(C)C)O3)CC[C@@H]2C)O1. The van der Waals surface area contributed by atoms with Crippen molar-refractivity contribution in [3.05, 3.63) is 23.8 Å². The lowest BCUT2D eigenvalue weighted by molar-refractivity contribution is -0.324. The number of nitrogens with one attached hydrogen (secondary N) is 2. The Kier molecular flexibility index (Phi) is 21.7. The number of hydrogen-bond acceptors (Lipinski definition) is 8. The fourth-order valence-corrected chi connectivity index (χ4v) is 11.7. The molecule has 2 amide bonds. The lowest BCUT2D eigenvalue weighted by atomic mass is 9.85. The highest BCUT2D eigenvalue weighted by atomic mass is 28.4. The minimum atomic E-state index is -2.29. The van der Waals surface area contributed by atoms with Crippen LogP contribution in [0.3, 0.4) is 0 Å². The number of carbonyl (C=O) groups excluding carboxylic acids is 3. The molecule has 0 aliphatic carbocycles. The van der Waals surface area contributed by atoms with Crippen molar-refractivity contribution in [3.8, 4) is 0 Å². The molecule has 1 spiro atoms. The predicted octanol–water partition coefficient (Wildman–Crippen LogP) is 12.0. The zero-order valence-corrected chi connectivity index (χ0v) is 45.9. The van der Waals surface area contributed by atoms with Crippen LogP contribution >= 0.6 is 0 Å². The molecule has 3 heterocycles. The molecular weight excluding hydrogens is 837 g/mol. The van der Waals surface area contributed by atoms with Crippen molar-refractivity contribution in [1.29, 1.82) is 0 Å². The highest BCUT2D eigenvalue weighted by molar-refractivity contribution is 6.74. The van der Waals surface area contributed by atoms with Gasteiger partial charge >= 0.3 is 0 Å². The topological polar surface area (TPSA) is 121 Å². The zero-order chi connectivity index (χ0) is 48.3. The van der Waals surface area contributed by atoms with Gasteiger partial charge in [-0.15, -0.1) is 0 Å². The third-order valence-corrected chi connectivity index (χ3v) is 24.7. The lowest BCUT2D eigenvalue weighted by Gasteiger charge is -2.48. The van der Waals surface area contributed by atoms with Crippen molar-refractivity contribution < 1.29 is 37.4 Å². The van der Waals surface area contributed by atoms with E-state index >= 15 is 0 Å². The first-order valence-corrected chi connectivity index (χ1v) is 31.1. The average molecular weight is 934 g/mol. The van der Waals surface area contributed by atoms with Crippen LogP contribution in [0, 0.1) is 23.7 Å². The Morgan fingerprint density at radius 3 is 2.08 bits per heavy atom. The van der Waals surface area contributed by atoms with E-state index in [9.17, 15) is 14.4 Å². The number of ether oxygens (including phenoxy) is 3. The average Bonchev–Trinajstić information content (AvgIpc) is 3.18. The number of rotatable bonds is 22. The lowest BCUT2D eigenvalue weighted by Crippen LogP contribution is -2.52. The molecule has 0 saturated carbocycles. The van der Waals surface area contributed by atoms with Gasteiger partial charge in [-0.3, -0.25) is 14.4 Å². The molecule has 64 heavy (non-hydrogen) atoms. The van der Waals surface area contributed by atoms with Crippen molar-refractivity contribution in [1.82, 2.24) is 10.6 Å². The molecule has 3 fully saturated rings. The first-order chi connectivity index (χ1) is 29.6. The van der Waals surface area contributed by atoms with Crippen LogP contribution in [0.4, 0.5) is 0 Å². The maximum atomic E-state index is 13.8. The second-order valence-corrected chi connectivity index (χ2v) is 32.9. The van der Waals surface area contributed by atoms with Gasteiger partial charge in [0.15, 0.2) is 28.2 Å². The summed E-state index contributed by atoms with van der Waals surface area (Å²) in [7, 11) is -4.13. The van der Waals surface area contributed by atoms with Crippen LogP contribution in [0.15, 0.2) is 23.8 Å². The summed E-state index contributed by atoms with van der Waals surface area (Å²) in [5, 5.41) is 6.43. The number of allylic oxidation sites excluding steroid dienone is 3. The summed E-state index contributed by atoms with van der Waals surface area (Å²) < 4.78 is 33.6. The number of carbonyl (C=O) groups is 3. The van der Waals surface area contributed by atoms with Crippen LogP contribution in [-0.4, -0.2) is 89.7 Å². The van der Waals surface area contributed by atoms with E-state index in [0.717, 1.165) is 70.6 Å². The fraction of sp³-hybridized carbons (Fsp3) is 0.865. The first-order valence-electron chi connectivity index (χ1n) is 25.3. The van der Waals surface area contributed by atoms with Gasteiger partial charge in [-0.05, 0) is 144 Å². The highest BCUT2D eigenvalue weighted by Crippen LogP contribution is 2.44. The molecule has 2 N–H and O–H groups in total. The molecule has 3 aliphatic rings. The van der Waals surface area contributed by atoms with Gasteiger partial charge in [-0.25, -0.2) is 0 Å². The molecule has 0 radical (unpaired) electrons. The van der Waals surface area contributed by atoms with Crippen molar-refractivity contribution >= 4 is 34.2 Å². The monoisotopic (exact) mass is 933 g/mol. The van der Waals surface area contributed by atoms with Gasteiger partial charge in [0.25, 0.3) is 0 Å². The van der Waals surface area contributed by atoms with Crippen LogP contribution in [0.5, 0.6) is 0 Å². The van der Waals surface area contributed by atoms with Crippen LogP contribution in [-0.2, 0) is 37.4 Å². The van der Waals surface area contributed by atoms with Gasteiger partial charge in [-0.2, -0.15) is 0 Å². The zero-order valence-electron chi connectivity index (χ0n) is 43.9. The third kappa shape index (κ3) is 17.4. The molecular formula is C52H96N2O8Si2. The predicted molar refractivity (Wildman–Crippen MR) is 267 cm³/mol. The van der Waals surface area contributed by atoms with Gasteiger partial charge in [0.2, 0.25) is 11.8 Å². The van der Waals surface area contributed by atoms with Gasteiger partial charge in [0.05, 0.1) is 49.0 Å². The summed E-state index contributed by atoms with van der Waals surface area (Å²) in [4.78, 5) is 39.4. The van der Waals surface area contributed by atoms with Crippen LogP contribution in [0.1, 0.15) is 173 Å². The summed E-state index contributed by atoms with van der Waals surface area (Å²) in [6.07, 6.45) is 16.4. The summed E-state index contributed by atoms with van der Waals surface area (Å²) in [5.41, 5.74) is 1.32. The maximum absolute atomic E-state index is 13.8. The van der Waals surface area contributed by atoms with E-state index in [1.165, 1.54) is 5.57 Å². The molecule has 0 aromatic rings. The summed E-state index contributed by atoms with van der Waals surface area (Å²) >= 11 is 0. The smallest absolute Gasteiger partial charge is 0.225 e. The summed E-state index contributed by atoms with van der Waals surface area (Å²) in [6, 6.07) is 0. The second kappa shape index (κ2) is 24.6. The van der Waals surface area contributed by atoms with E-state index in [2.05, 4.69) is 119 Å². The van der Waals surface area contributed by atoms with Crippen LogP contribution in [0.25, 0.3) is 0 Å². The Balaban J connectivity index is 1.52. The van der Waals surface area contributed by atoms with Gasteiger partial charge in [0.1, 0.15) is 0 Å². The van der Waals surface area contributed by atoms with E-state index < -0.39 is 34.4 Å². The normalized spacial score (nSPS) is 28.4. The first kappa shape index (κ1) is 56.6. The van der Waals surface area contributed by atoms with Crippen LogP contribution in [0.2, 0.25) is 36.3 Å². The Morgan fingerprint density at radius 2 is 1.44 bits per heavy atom. The number of amides is 2. The minimum Gasteiger partial charge on any atom is -0.411 e. The molecule has 0 aromatic carbocycles. The minimum absolute atomic E-state index is 0.0462. The van der Waals surface area contributed by atoms with Crippen molar-refractivity contribution in [2.24, 2.45) is 23.7 Å². The molecule has 3 aliphatic heterocycles. The van der Waals surface area contributed by atoms with E-state index in [1.807, 2.05) is 13.8 Å². The van der Waals surface area contributed by atoms with Crippen molar-refractivity contribution in [2.45, 2.75) is 252 Å². The Morgan fingerprint density at radius 1 is 0.797 bits per heavy atom. The summed E-state index contributed by atoms with van der Waals surface area (Å²) in [5.74, 6) is -0.0477. The van der Waals surface area contributed by atoms with Gasteiger partial charge in [0, 0.05) is 32.4 Å². The molecule has 10 nitrogen and oxygen atoms in total. The quantitative estimate of drug-likeness (QED) is 0.0476. The third-order valence-electron chi connectivity index (χ3n) is 15.7. The van der Waals surface area contributed by atoms with E-state index in [0.29, 0.717) is 24.8 Å². The van der Waals surface area contributed by atoms with Gasteiger partial charge < -0.3 is 33.7 Å². The van der Waals surface area contributed by atoms with Crippen molar-refractivity contribution in [3.63, 3.8) is 0 Å². The Bertz CT molecular complexity index is 1550. The Labute approximate surface area is 393 Å². The molecule has 0 unspecified atom stereocenters. The number of hydrogen-bond donors (Lipinski definition) is 2. The highest BCUT2D eigenvalue weighted by Gasteiger charge is 2.45. The molecule has 12 heteroatoms. The number of ketones is 1. The van der Waals surface area contributed by atoms with Gasteiger partial charge in [-0.1, -0.05) is 81.4 Å². The molecule has 3 saturated heterocycles. The van der Waals surface area contributed by atoms with Crippen molar-refractivity contribution in [2.75, 3.05) is 13.1 Å². The Hall–Kier alpha value is -1.68. The second-order valence-electron chi connectivity index (χ2n) is 23.4. The molecule has 370 valence electrons. The van der Waals surface area contributed by atoms with Crippen LogP contribution < -0.4 is 10.6 Å². The maximum Gasteiger partial charge on any atom is 0.225 e. The van der Waals surface area contributed by atoms with E-state index in [4.69, 9.17) is 23.1 Å². The molecule has 11 atom stereocenters. The largest absolute Gasteiger partial charge is 0.411 e. The molecule has 3 rings (SSSR count).